The smallest absolute Gasteiger partial charge is 0.101 e. The number of rotatable bonds is 5. The van der Waals surface area contributed by atoms with Crippen molar-refractivity contribution < 1.29 is 0 Å². The molecule has 4 aromatic heterocycles. The fourth-order valence-corrected chi connectivity index (χ4v) is 5.97. The normalized spacial score (nSPS) is 11.9. The highest BCUT2D eigenvalue weighted by atomic mass is 32.1. The van der Waals surface area contributed by atoms with Crippen LogP contribution in [0.5, 0.6) is 0 Å². The number of nitriles is 2. The van der Waals surface area contributed by atoms with E-state index in [2.05, 4.69) is 24.3 Å². The standard InChI is InChI=1S/C22H12N2S4/c23-13-15(19-3-1-9-25-19)11-17-5-7-21(27-17)22-8-6-18(28-22)12-16(14-24)20-4-2-10-26-20/h1-12H/b15-11+,16-12+. The Labute approximate surface area is 179 Å². The summed E-state index contributed by atoms with van der Waals surface area (Å²) in [4.78, 5) is 6.41. The lowest BCUT2D eigenvalue weighted by molar-refractivity contribution is 1.54. The molecule has 0 aliphatic carbocycles. The van der Waals surface area contributed by atoms with Crippen molar-refractivity contribution in [2.24, 2.45) is 0 Å². The van der Waals surface area contributed by atoms with E-state index in [1.165, 1.54) is 0 Å². The molecule has 0 saturated heterocycles. The Kier molecular flexibility index (Phi) is 5.66. The van der Waals surface area contributed by atoms with Crippen molar-refractivity contribution in [1.29, 1.82) is 10.5 Å². The minimum absolute atomic E-state index is 0.688. The van der Waals surface area contributed by atoms with E-state index < -0.39 is 0 Å². The minimum atomic E-state index is 0.688. The zero-order valence-electron chi connectivity index (χ0n) is 14.5. The second-order valence-corrected chi connectivity index (χ2v) is 9.82. The summed E-state index contributed by atoms with van der Waals surface area (Å²) >= 11 is 6.48. The molecule has 0 aromatic carbocycles. The van der Waals surface area contributed by atoms with Gasteiger partial charge in [0.05, 0.1) is 11.1 Å². The molecule has 134 valence electrons. The van der Waals surface area contributed by atoms with Gasteiger partial charge >= 0.3 is 0 Å². The summed E-state index contributed by atoms with van der Waals surface area (Å²) in [6.07, 6.45) is 3.89. The van der Waals surface area contributed by atoms with Gasteiger partial charge in [-0.15, -0.1) is 45.3 Å². The lowest BCUT2D eigenvalue weighted by atomic mass is 10.2. The highest BCUT2D eigenvalue weighted by molar-refractivity contribution is 7.23. The molecule has 0 aliphatic heterocycles. The molecule has 0 atom stereocenters. The Morgan fingerprint density at radius 3 is 1.50 bits per heavy atom. The number of thiophene rings is 4. The first-order valence-corrected chi connectivity index (χ1v) is 11.7. The topological polar surface area (TPSA) is 47.6 Å². The highest BCUT2D eigenvalue weighted by Gasteiger charge is 2.08. The molecule has 0 saturated carbocycles. The van der Waals surface area contributed by atoms with E-state index in [1.54, 1.807) is 45.3 Å². The summed E-state index contributed by atoms with van der Waals surface area (Å²) in [5, 5.41) is 22.8. The lowest BCUT2D eigenvalue weighted by Gasteiger charge is -1.93. The average molecular weight is 433 g/mol. The van der Waals surface area contributed by atoms with Gasteiger partial charge in [0.1, 0.15) is 12.1 Å². The lowest BCUT2D eigenvalue weighted by Crippen LogP contribution is -1.73. The highest BCUT2D eigenvalue weighted by Crippen LogP contribution is 2.36. The number of nitrogens with zero attached hydrogens (tertiary/aromatic N) is 2. The zero-order valence-corrected chi connectivity index (χ0v) is 17.7. The van der Waals surface area contributed by atoms with Gasteiger partial charge in [-0.2, -0.15) is 10.5 Å². The van der Waals surface area contributed by atoms with Crippen LogP contribution in [0, 0.1) is 22.7 Å². The largest absolute Gasteiger partial charge is 0.192 e. The third-order valence-corrected chi connectivity index (χ3v) is 7.95. The van der Waals surface area contributed by atoms with Gasteiger partial charge in [-0.3, -0.25) is 0 Å². The zero-order chi connectivity index (χ0) is 19.3. The van der Waals surface area contributed by atoms with E-state index in [-0.39, 0.29) is 0 Å². The molecule has 0 fully saturated rings. The fourth-order valence-electron chi connectivity index (χ4n) is 2.59. The molecule has 4 rings (SSSR count). The van der Waals surface area contributed by atoms with E-state index in [0.29, 0.717) is 11.1 Å². The van der Waals surface area contributed by atoms with Crippen LogP contribution in [-0.4, -0.2) is 0 Å². The molecule has 0 N–H and O–H groups in total. The maximum absolute atomic E-state index is 9.44. The maximum Gasteiger partial charge on any atom is 0.101 e. The van der Waals surface area contributed by atoms with E-state index >= 15 is 0 Å². The first-order chi connectivity index (χ1) is 13.8. The third kappa shape index (κ3) is 4.06. The number of hydrogen-bond acceptors (Lipinski definition) is 6. The van der Waals surface area contributed by atoms with Crippen molar-refractivity contribution in [3.8, 4) is 21.9 Å². The summed E-state index contributed by atoms with van der Waals surface area (Å²) in [6.45, 7) is 0. The molecule has 4 aromatic rings. The summed E-state index contributed by atoms with van der Waals surface area (Å²) in [6, 6.07) is 20.7. The second-order valence-electron chi connectivity index (χ2n) is 5.70. The molecule has 0 spiro atoms. The van der Waals surface area contributed by atoms with Gasteiger partial charge in [0, 0.05) is 29.3 Å². The van der Waals surface area contributed by atoms with Crippen molar-refractivity contribution in [3.05, 3.63) is 78.8 Å². The van der Waals surface area contributed by atoms with Crippen LogP contribution in [-0.2, 0) is 0 Å². The van der Waals surface area contributed by atoms with Crippen molar-refractivity contribution in [2.45, 2.75) is 0 Å². The van der Waals surface area contributed by atoms with Gasteiger partial charge in [0.25, 0.3) is 0 Å². The predicted molar refractivity (Wildman–Crippen MR) is 123 cm³/mol. The molecule has 2 nitrogen and oxygen atoms in total. The van der Waals surface area contributed by atoms with Gasteiger partial charge in [-0.25, -0.2) is 0 Å². The van der Waals surface area contributed by atoms with Crippen LogP contribution in [0.3, 0.4) is 0 Å². The third-order valence-electron chi connectivity index (χ3n) is 3.88. The molecule has 28 heavy (non-hydrogen) atoms. The first kappa shape index (κ1) is 18.6. The maximum atomic E-state index is 9.44. The second kappa shape index (κ2) is 8.52. The molecule has 0 unspecified atom stereocenters. The Bertz CT molecular complexity index is 1120. The van der Waals surface area contributed by atoms with Gasteiger partial charge in [-0.05, 0) is 59.3 Å². The van der Waals surface area contributed by atoms with Gasteiger partial charge in [0.2, 0.25) is 0 Å². The van der Waals surface area contributed by atoms with Gasteiger partial charge in [-0.1, -0.05) is 12.1 Å². The molecule has 6 heteroatoms. The van der Waals surface area contributed by atoms with Crippen LogP contribution in [0.15, 0.2) is 59.3 Å². The quantitative estimate of drug-likeness (QED) is 0.303. The van der Waals surface area contributed by atoms with E-state index in [0.717, 1.165) is 29.3 Å². The number of hydrogen-bond donors (Lipinski definition) is 0. The molecule has 0 bridgehead atoms. The molecule has 0 radical (unpaired) electrons. The average Bonchev–Trinajstić information content (AvgIpc) is 3.50. The minimum Gasteiger partial charge on any atom is -0.192 e. The van der Waals surface area contributed by atoms with Crippen LogP contribution in [0.2, 0.25) is 0 Å². The Hall–Kier alpha value is -2.74. The number of allylic oxidation sites excluding steroid dienone is 2. The van der Waals surface area contributed by atoms with Crippen molar-refractivity contribution in [2.75, 3.05) is 0 Å². The molecular weight excluding hydrogens is 421 g/mol. The first-order valence-electron chi connectivity index (χ1n) is 8.28. The van der Waals surface area contributed by atoms with Crippen LogP contribution in [0.4, 0.5) is 0 Å². The Balaban J connectivity index is 1.59. The Morgan fingerprint density at radius 2 is 1.14 bits per heavy atom. The van der Waals surface area contributed by atoms with Gasteiger partial charge in [0.15, 0.2) is 0 Å². The van der Waals surface area contributed by atoms with Crippen LogP contribution in [0.25, 0.3) is 33.1 Å². The molecule has 0 aliphatic rings. The van der Waals surface area contributed by atoms with E-state index in [4.69, 9.17) is 0 Å². The van der Waals surface area contributed by atoms with Crippen LogP contribution in [0.1, 0.15) is 19.5 Å². The summed E-state index contributed by atoms with van der Waals surface area (Å²) in [5.41, 5.74) is 1.38. The van der Waals surface area contributed by atoms with Crippen LogP contribution < -0.4 is 0 Å². The summed E-state index contributed by atoms with van der Waals surface area (Å²) in [7, 11) is 0. The Morgan fingerprint density at radius 1 is 0.679 bits per heavy atom. The molecule has 4 heterocycles. The van der Waals surface area contributed by atoms with E-state index in [9.17, 15) is 10.5 Å². The van der Waals surface area contributed by atoms with Gasteiger partial charge < -0.3 is 0 Å². The predicted octanol–water partition coefficient (Wildman–Crippen LogP) is 7.73. The summed E-state index contributed by atoms with van der Waals surface area (Å²) < 4.78 is 0. The summed E-state index contributed by atoms with van der Waals surface area (Å²) in [5.74, 6) is 0. The SMILES string of the molecule is N#C/C(=C\c1ccc(-c2ccc(/C=C(\C#N)c3cccs3)s2)s1)c1cccs1. The fraction of sp³-hybridized carbons (Fsp3) is 0. The van der Waals surface area contributed by atoms with Crippen molar-refractivity contribution >= 4 is 68.6 Å². The molecular formula is C22H12N2S4. The van der Waals surface area contributed by atoms with Crippen LogP contribution >= 0.6 is 45.3 Å². The van der Waals surface area contributed by atoms with Crippen molar-refractivity contribution in [3.63, 3.8) is 0 Å². The van der Waals surface area contributed by atoms with E-state index in [1.807, 2.05) is 59.3 Å². The van der Waals surface area contributed by atoms with Crippen molar-refractivity contribution in [1.82, 2.24) is 0 Å². The monoisotopic (exact) mass is 432 g/mol. The molecule has 0 amide bonds.